The second-order valence-electron chi connectivity index (χ2n) is 4.09. The molecule has 3 nitrogen and oxygen atoms in total. The highest BCUT2D eigenvalue weighted by molar-refractivity contribution is 9.09. The van der Waals surface area contributed by atoms with Crippen LogP contribution in [0.15, 0.2) is 29.2 Å². The lowest BCUT2D eigenvalue weighted by Gasteiger charge is -2.10. The number of aliphatic hydroxyl groups is 1. The topological polar surface area (TPSA) is 46.5 Å². The van der Waals surface area contributed by atoms with Crippen LogP contribution >= 0.6 is 27.7 Å². The molecule has 106 valence electrons. The molecule has 0 heterocycles. The van der Waals surface area contributed by atoms with Crippen molar-refractivity contribution < 1.29 is 14.6 Å². The molecule has 1 N–H and O–H groups in total. The van der Waals surface area contributed by atoms with Gasteiger partial charge in [-0.3, -0.25) is 4.79 Å². The van der Waals surface area contributed by atoms with Gasteiger partial charge in [-0.1, -0.05) is 28.1 Å². The molecule has 0 fully saturated rings. The maximum atomic E-state index is 11.0. The Kier molecular flexibility index (Phi) is 8.18. The minimum atomic E-state index is -0.610. The SMILES string of the molecule is COC(=O)CCC(O)c1ccc(SCCCBr)cc1. The van der Waals surface area contributed by atoms with E-state index < -0.39 is 6.10 Å². The predicted octanol–water partition coefficient (Wildman–Crippen LogP) is 3.55. The first-order valence-corrected chi connectivity index (χ1v) is 8.31. The summed E-state index contributed by atoms with van der Waals surface area (Å²) >= 11 is 5.21. The summed E-state index contributed by atoms with van der Waals surface area (Å²) < 4.78 is 4.55. The molecule has 0 aliphatic heterocycles. The third-order valence-electron chi connectivity index (χ3n) is 2.66. The van der Waals surface area contributed by atoms with Crippen molar-refractivity contribution in [3.8, 4) is 0 Å². The quantitative estimate of drug-likeness (QED) is 0.338. The lowest BCUT2D eigenvalue weighted by Crippen LogP contribution is -2.04. The number of carbonyl (C=O) groups is 1. The van der Waals surface area contributed by atoms with Gasteiger partial charge < -0.3 is 9.84 Å². The second kappa shape index (κ2) is 9.39. The summed E-state index contributed by atoms with van der Waals surface area (Å²) in [5.41, 5.74) is 0.841. The van der Waals surface area contributed by atoms with E-state index in [9.17, 15) is 9.90 Å². The molecule has 1 unspecified atom stereocenters. The number of halogens is 1. The Labute approximate surface area is 126 Å². The molecule has 0 saturated heterocycles. The molecule has 19 heavy (non-hydrogen) atoms. The smallest absolute Gasteiger partial charge is 0.305 e. The number of hydrogen-bond acceptors (Lipinski definition) is 4. The molecule has 1 aromatic carbocycles. The zero-order valence-electron chi connectivity index (χ0n) is 11.0. The van der Waals surface area contributed by atoms with E-state index in [0.29, 0.717) is 6.42 Å². The number of hydrogen-bond donors (Lipinski definition) is 1. The van der Waals surface area contributed by atoms with Crippen molar-refractivity contribution in [2.24, 2.45) is 0 Å². The molecular weight excluding hydrogens is 328 g/mol. The molecule has 0 spiro atoms. The van der Waals surface area contributed by atoms with E-state index in [1.807, 2.05) is 24.3 Å². The first-order valence-electron chi connectivity index (χ1n) is 6.21. The van der Waals surface area contributed by atoms with Crippen LogP contribution in [0.25, 0.3) is 0 Å². The Bertz CT molecular complexity index is 381. The molecule has 0 aliphatic carbocycles. The van der Waals surface area contributed by atoms with Gasteiger partial charge in [0.2, 0.25) is 0 Å². The minimum Gasteiger partial charge on any atom is -0.469 e. The average Bonchev–Trinajstić information content (AvgIpc) is 2.45. The number of esters is 1. The highest BCUT2D eigenvalue weighted by Gasteiger charge is 2.10. The van der Waals surface area contributed by atoms with E-state index >= 15 is 0 Å². The van der Waals surface area contributed by atoms with Crippen LogP contribution < -0.4 is 0 Å². The highest BCUT2D eigenvalue weighted by Crippen LogP contribution is 2.24. The van der Waals surface area contributed by atoms with Crippen molar-refractivity contribution in [3.05, 3.63) is 29.8 Å². The van der Waals surface area contributed by atoms with E-state index in [0.717, 1.165) is 23.1 Å². The van der Waals surface area contributed by atoms with Crippen molar-refractivity contribution in [3.63, 3.8) is 0 Å². The lowest BCUT2D eigenvalue weighted by atomic mass is 10.1. The van der Waals surface area contributed by atoms with Crippen LogP contribution in [-0.4, -0.2) is 29.3 Å². The number of alkyl halides is 1. The second-order valence-corrected chi connectivity index (χ2v) is 6.05. The van der Waals surface area contributed by atoms with Crippen LogP contribution in [0.3, 0.4) is 0 Å². The fraction of sp³-hybridized carbons (Fsp3) is 0.500. The van der Waals surface area contributed by atoms with E-state index in [-0.39, 0.29) is 12.4 Å². The number of benzene rings is 1. The fourth-order valence-corrected chi connectivity index (χ4v) is 3.06. The van der Waals surface area contributed by atoms with Crippen LogP contribution in [-0.2, 0) is 9.53 Å². The third-order valence-corrected chi connectivity index (χ3v) is 4.32. The van der Waals surface area contributed by atoms with Crippen LogP contribution in [0.4, 0.5) is 0 Å². The molecular formula is C14H19BrO3S. The van der Waals surface area contributed by atoms with Gasteiger partial charge in [-0.05, 0) is 36.3 Å². The zero-order valence-corrected chi connectivity index (χ0v) is 13.4. The number of ether oxygens (including phenoxy) is 1. The molecule has 0 amide bonds. The molecule has 1 rings (SSSR count). The maximum Gasteiger partial charge on any atom is 0.305 e. The number of rotatable bonds is 8. The van der Waals surface area contributed by atoms with E-state index in [4.69, 9.17) is 0 Å². The van der Waals surface area contributed by atoms with Gasteiger partial charge in [0.25, 0.3) is 0 Å². The van der Waals surface area contributed by atoms with Crippen molar-refractivity contribution in [2.45, 2.75) is 30.3 Å². The number of carbonyl (C=O) groups excluding carboxylic acids is 1. The lowest BCUT2D eigenvalue weighted by molar-refractivity contribution is -0.141. The summed E-state index contributed by atoms with van der Waals surface area (Å²) in [5, 5.41) is 11.0. The standard InChI is InChI=1S/C14H19BrO3S/c1-18-14(17)8-7-13(16)11-3-5-12(6-4-11)19-10-2-9-15/h3-6,13,16H,2,7-10H2,1H3. The van der Waals surface area contributed by atoms with Gasteiger partial charge >= 0.3 is 5.97 Å². The molecule has 0 aromatic heterocycles. The van der Waals surface area contributed by atoms with Crippen LogP contribution in [0.1, 0.15) is 30.9 Å². The fourth-order valence-electron chi connectivity index (χ4n) is 1.55. The van der Waals surface area contributed by atoms with Gasteiger partial charge in [-0.15, -0.1) is 11.8 Å². The van der Waals surface area contributed by atoms with Gasteiger partial charge in [0, 0.05) is 16.6 Å². The molecule has 0 radical (unpaired) electrons. The van der Waals surface area contributed by atoms with Gasteiger partial charge in [-0.2, -0.15) is 0 Å². The van der Waals surface area contributed by atoms with Gasteiger partial charge in [0.15, 0.2) is 0 Å². The van der Waals surface area contributed by atoms with Crippen molar-refractivity contribution >= 4 is 33.7 Å². The van der Waals surface area contributed by atoms with Crippen LogP contribution in [0.5, 0.6) is 0 Å². The number of aliphatic hydroxyl groups excluding tert-OH is 1. The molecule has 0 bridgehead atoms. The van der Waals surface area contributed by atoms with Crippen molar-refractivity contribution in [2.75, 3.05) is 18.2 Å². The van der Waals surface area contributed by atoms with Crippen molar-refractivity contribution in [1.29, 1.82) is 0 Å². The minimum absolute atomic E-state index is 0.236. The molecule has 0 saturated carbocycles. The molecule has 1 atom stereocenters. The Morgan fingerprint density at radius 1 is 1.42 bits per heavy atom. The highest BCUT2D eigenvalue weighted by atomic mass is 79.9. The first-order chi connectivity index (χ1) is 9.17. The maximum absolute atomic E-state index is 11.0. The molecule has 0 aliphatic rings. The van der Waals surface area contributed by atoms with Gasteiger partial charge in [0.1, 0.15) is 0 Å². The monoisotopic (exact) mass is 346 g/mol. The Hall–Kier alpha value is -0.520. The predicted molar refractivity (Wildman–Crippen MR) is 81.8 cm³/mol. The van der Waals surface area contributed by atoms with Crippen LogP contribution in [0, 0.1) is 0 Å². The number of methoxy groups -OCH3 is 1. The Balaban J connectivity index is 2.43. The third kappa shape index (κ3) is 6.45. The van der Waals surface area contributed by atoms with Crippen LogP contribution in [0.2, 0.25) is 0 Å². The molecule has 5 heteroatoms. The summed E-state index contributed by atoms with van der Waals surface area (Å²) in [7, 11) is 1.35. The van der Waals surface area contributed by atoms with E-state index in [1.54, 1.807) is 11.8 Å². The Morgan fingerprint density at radius 2 is 2.11 bits per heavy atom. The summed E-state index contributed by atoms with van der Waals surface area (Å²) in [6.07, 6.45) is 1.15. The normalized spacial score (nSPS) is 12.2. The number of thioether (sulfide) groups is 1. The average molecular weight is 347 g/mol. The van der Waals surface area contributed by atoms with Crippen molar-refractivity contribution in [1.82, 2.24) is 0 Å². The summed E-state index contributed by atoms with van der Waals surface area (Å²) in [6, 6.07) is 7.85. The van der Waals surface area contributed by atoms with E-state index in [1.165, 1.54) is 12.0 Å². The van der Waals surface area contributed by atoms with E-state index in [2.05, 4.69) is 20.7 Å². The largest absolute Gasteiger partial charge is 0.469 e. The summed E-state index contributed by atoms with van der Waals surface area (Å²) in [4.78, 5) is 12.2. The zero-order chi connectivity index (χ0) is 14.1. The Morgan fingerprint density at radius 3 is 2.68 bits per heavy atom. The van der Waals surface area contributed by atoms with Gasteiger partial charge in [-0.25, -0.2) is 0 Å². The summed E-state index contributed by atoms with van der Waals surface area (Å²) in [5.74, 6) is 0.788. The summed E-state index contributed by atoms with van der Waals surface area (Å²) in [6.45, 7) is 0. The molecule has 1 aromatic rings. The van der Waals surface area contributed by atoms with Gasteiger partial charge in [0.05, 0.1) is 13.2 Å². The first kappa shape index (κ1) is 16.5.